The first-order valence-electron chi connectivity index (χ1n) is 4.28. The first-order valence-corrected chi connectivity index (χ1v) is 4.28. The Balaban J connectivity index is 2.32. The summed E-state index contributed by atoms with van der Waals surface area (Å²) in [7, 11) is 0. The number of hydroxylamine groups is 1. The number of carbonyl (C=O) groups is 2. The second kappa shape index (κ2) is 3.59. The Hall–Kier alpha value is -1.68. The molecule has 0 radical (unpaired) electrons. The van der Waals surface area contributed by atoms with Crippen molar-refractivity contribution in [1.29, 1.82) is 0 Å². The van der Waals surface area contributed by atoms with Gasteiger partial charge in [-0.1, -0.05) is 30.3 Å². The largest absolute Gasteiger partial charge is 0.296 e. The van der Waals surface area contributed by atoms with E-state index in [1.807, 2.05) is 6.07 Å². The van der Waals surface area contributed by atoms with Crippen molar-refractivity contribution in [2.75, 3.05) is 6.61 Å². The van der Waals surface area contributed by atoms with Crippen molar-refractivity contribution in [2.45, 2.75) is 5.92 Å². The van der Waals surface area contributed by atoms with E-state index in [0.29, 0.717) is 5.56 Å². The smallest absolute Gasteiger partial charge is 0.258 e. The molecule has 1 saturated heterocycles. The van der Waals surface area contributed by atoms with Crippen LogP contribution in [0.15, 0.2) is 30.3 Å². The number of hydrogen-bond acceptors (Lipinski definition) is 3. The van der Waals surface area contributed by atoms with E-state index in [1.165, 1.54) is 0 Å². The third kappa shape index (κ3) is 1.52. The summed E-state index contributed by atoms with van der Waals surface area (Å²) in [6.45, 7) is -0.0642. The minimum atomic E-state index is -0.718. The molecule has 4 heteroatoms. The second-order valence-electron chi connectivity index (χ2n) is 3.06. The van der Waals surface area contributed by atoms with Crippen LogP contribution in [0, 0.1) is 0 Å². The molecule has 1 N–H and O–H groups in total. The van der Waals surface area contributed by atoms with E-state index < -0.39 is 11.8 Å². The summed E-state index contributed by atoms with van der Waals surface area (Å²) in [5, 5.41) is 0. The van der Waals surface area contributed by atoms with Gasteiger partial charge in [0.25, 0.3) is 5.91 Å². The molecule has 0 saturated carbocycles. The maximum atomic E-state index is 11.4. The van der Waals surface area contributed by atoms with E-state index in [9.17, 15) is 9.59 Å². The van der Waals surface area contributed by atoms with Gasteiger partial charge in [0, 0.05) is 0 Å². The summed E-state index contributed by atoms with van der Waals surface area (Å²) in [5.41, 5.74) is 2.91. The Labute approximate surface area is 80.8 Å². The topological polar surface area (TPSA) is 55.4 Å². The second-order valence-corrected chi connectivity index (χ2v) is 3.06. The van der Waals surface area contributed by atoms with Crippen molar-refractivity contribution < 1.29 is 14.4 Å². The Morgan fingerprint density at radius 2 is 1.93 bits per heavy atom. The molecule has 1 fully saturated rings. The molecule has 1 unspecified atom stereocenters. The molecular formula is C10H9NO3. The Bertz CT molecular complexity index is 345. The Morgan fingerprint density at radius 3 is 2.57 bits per heavy atom. The molecule has 0 bridgehead atoms. The van der Waals surface area contributed by atoms with Crippen molar-refractivity contribution in [1.82, 2.24) is 5.48 Å². The zero-order chi connectivity index (χ0) is 9.97. The number of carbonyl (C=O) groups excluding carboxylic acids is 2. The molecule has 4 nitrogen and oxygen atoms in total. The molecular weight excluding hydrogens is 182 g/mol. The van der Waals surface area contributed by atoms with Crippen LogP contribution in [0.1, 0.15) is 11.5 Å². The summed E-state index contributed by atoms with van der Waals surface area (Å²) in [4.78, 5) is 27.4. The highest BCUT2D eigenvalue weighted by Gasteiger charge is 2.32. The fraction of sp³-hybridized carbons (Fsp3) is 0.200. The summed E-state index contributed by atoms with van der Waals surface area (Å²) < 4.78 is 0. The SMILES string of the molecule is O=C1CONC(=O)C1c1ccccc1. The molecule has 1 amide bonds. The lowest BCUT2D eigenvalue weighted by Gasteiger charge is -2.20. The van der Waals surface area contributed by atoms with Crippen LogP contribution in [0.25, 0.3) is 0 Å². The van der Waals surface area contributed by atoms with Crippen molar-refractivity contribution in [3.63, 3.8) is 0 Å². The van der Waals surface area contributed by atoms with Gasteiger partial charge in [-0.2, -0.15) is 0 Å². The highest BCUT2D eigenvalue weighted by atomic mass is 16.7. The van der Waals surface area contributed by atoms with E-state index in [2.05, 4.69) is 10.3 Å². The van der Waals surface area contributed by atoms with E-state index >= 15 is 0 Å². The first-order chi connectivity index (χ1) is 6.79. The van der Waals surface area contributed by atoms with Gasteiger partial charge >= 0.3 is 0 Å². The zero-order valence-corrected chi connectivity index (χ0v) is 7.40. The van der Waals surface area contributed by atoms with Crippen molar-refractivity contribution in [2.24, 2.45) is 0 Å². The van der Waals surface area contributed by atoms with Gasteiger partial charge in [-0.15, -0.1) is 0 Å². The van der Waals surface area contributed by atoms with Crippen molar-refractivity contribution in [3.05, 3.63) is 35.9 Å². The average Bonchev–Trinajstić information content (AvgIpc) is 2.19. The van der Waals surface area contributed by atoms with E-state index in [4.69, 9.17) is 0 Å². The predicted octanol–water partition coefficient (Wildman–Crippen LogP) is 0.401. The minimum absolute atomic E-state index is 0.0642. The number of ketones is 1. The zero-order valence-electron chi connectivity index (χ0n) is 7.40. The number of benzene rings is 1. The van der Waals surface area contributed by atoms with Gasteiger partial charge in [0.15, 0.2) is 5.78 Å². The fourth-order valence-corrected chi connectivity index (χ4v) is 1.45. The highest BCUT2D eigenvalue weighted by Crippen LogP contribution is 2.19. The number of rotatable bonds is 1. The molecule has 0 spiro atoms. The molecule has 0 aromatic heterocycles. The van der Waals surface area contributed by atoms with E-state index in [-0.39, 0.29) is 12.4 Å². The molecule has 1 heterocycles. The quantitative estimate of drug-likeness (QED) is 0.654. The van der Waals surface area contributed by atoms with Gasteiger partial charge in [0.1, 0.15) is 12.5 Å². The lowest BCUT2D eigenvalue weighted by Crippen LogP contribution is -2.42. The molecule has 1 atom stereocenters. The number of nitrogens with one attached hydrogen (secondary N) is 1. The van der Waals surface area contributed by atoms with Crippen LogP contribution in [-0.4, -0.2) is 18.3 Å². The molecule has 0 aliphatic carbocycles. The van der Waals surface area contributed by atoms with Crippen LogP contribution in [0.4, 0.5) is 0 Å². The maximum Gasteiger partial charge on any atom is 0.258 e. The van der Waals surface area contributed by atoms with Crippen LogP contribution in [0.3, 0.4) is 0 Å². The molecule has 1 aromatic rings. The van der Waals surface area contributed by atoms with Crippen LogP contribution in [0.5, 0.6) is 0 Å². The molecule has 1 aromatic carbocycles. The number of hydrogen-bond donors (Lipinski definition) is 1. The fourth-order valence-electron chi connectivity index (χ4n) is 1.45. The number of amides is 1. The lowest BCUT2D eigenvalue weighted by atomic mass is 9.94. The lowest BCUT2D eigenvalue weighted by molar-refractivity contribution is -0.151. The van der Waals surface area contributed by atoms with Crippen LogP contribution in [-0.2, 0) is 14.4 Å². The third-order valence-corrected chi connectivity index (χ3v) is 2.10. The molecule has 72 valence electrons. The van der Waals surface area contributed by atoms with Gasteiger partial charge < -0.3 is 0 Å². The van der Waals surface area contributed by atoms with Crippen LogP contribution < -0.4 is 5.48 Å². The molecule has 14 heavy (non-hydrogen) atoms. The maximum absolute atomic E-state index is 11.4. The number of Topliss-reactive ketones (excluding diaryl/α,β-unsaturated/α-hetero) is 1. The Kier molecular flexibility index (Phi) is 2.28. The van der Waals surface area contributed by atoms with Gasteiger partial charge in [-0.3, -0.25) is 14.4 Å². The molecule has 1 aliphatic rings. The Morgan fingerprint density at radius 1 is 1.21 bits per heavy atom. The summed E-state index contributed by atoms with van der Waals surface area (Å²) in [5.74, 6) is -1.32. The van der Waals surface area contributed by atoms with Gasteiger partial charge in [-0.25, -0.2) is 5.48 Å². The van der Waals surface area contributed by atoms with Crippen LogP contribution >= 0.6 is 0 Å². The van der Waals surface area contributed by atoms with E-state index in [1.54, 1.807) is 24.3 Å². The van der Waals surface area contributed by atoms with E-state index in [0.717, 1.165) is 0 Å². The summed E-state index contributed by atoms with van der Waals surface area (Å²) in [6.07, 6.45) is 0. The van der Waals surface area contributed by atoms with Crippen molar-refractivity contribution in [3.8, 4) is 0 Å². The predicted molar refractivity (Wildman–Crippen MR) is 48.3 cm³/mol. The standard InChI is InChI=1S/C10H9NO3/c12-8-6-14-11-10(13)9(8)7-4-2-1-3-5-7/h1-5,9H,6H2,(H,11,13). The minimum Gasteiger partial charge on any atom is -0.296 e. The highest BCUT2D eigenvalue weighted by molar-refractivity contribution is 6.08. The molecule has 2 rings (SSSR count). The van der Waals surface area contributed by atoms with Crippen molar-refractivity contribution >= 4 is 11.7 Å². The normalized spacial score (nSPS) is 21.9. The van der Waals surface area contributed by atoms with Crippen LogP contribution in [0.2, 0.25) is 0 Å². The van der Waals surface area contributed by atoms with Gasteiger partial charge in [-0.05, 0) is 5.56 Å². The average molecular weight is 191 g/mol. The van der Waals surface area contributed by atoms with Gasteiger partial charge in [0.2, 0.25) is 0 Å². The van der Waals surface area contributed by atoms with Gasteiger partial charge in [0.05, 0.1) is 0 Å². The summed E-state index contributed by atoms with van der Waals surface area (Å²) in [6, 6.07) is 8.95. The first kappa shape index (κ1) is 8.90. The summed E-state index contributed by atoms with van der Waals surface area (Å²) >= 11 is 0. The monoisotopic (exact) mass is 191 g/mol. The third-order valence-electron chi connectivity index (χ3n) is 2.10. The molecule has 1 aliphatic heterocycles.